The molecule has 0 radical (unpaired) electrons. The van der Waals surface area contributed by atoms with E-state index >= 15 is 0 Å². The van der Waals surface area contributed by atoms with Gasteiger partial charge in [-0.25, -0.2) is 4.98 Å². The minimum Gasteiger partial charge on any atom is -0.454 e. The molecule has 0 aliphatic carbocycles. The van der Waals surface area contributed by atoms with Gasteiger partial charge in [-0.05, 0) is 23.8 Å². The minimum atomic E-state index is 0.0338. The average molecular weight is 343 g/mol. The highest BCUT2D eigenvalue weighted by Gasteiger charge is 2.21. The van der Waals surface area contributed by atoms with E-state index in [9.17, 15) is 4.79 Å². The lowest BCUT2D eigenvalue weighted by molar-refractivity contribution is -0.126. The second-order valence-electron chi connectivity index (χ2n) is 5.57. The summed E-state index contributed by atoms with van der Waals surface area (Å²) in [4.78, 5) is 20.8. The van der Waals surface area contributed by atoms with Crippen LogP contribution in [-0.2, 0) is 4.79 Å². The predicted octanol–water partition coefficient (Wildman–Crippen LogP) is 2.23. The number of carbonyl (C=O) groups is 1. The van der Waals surface area contributed by atoms with E-state index in [4.69, 9.17) is 9.47 Å². The Bertz CT molecular complexity index is 752. The quantitative estimate of drug-likeness (QED) is 0.800. The van der Waals surface area contributed by atoms with E-state index in [1.165, 1.54) is 0 Å². The maximum atomic E-state index is 12.3. The van der Waals surface area contributed by atoms with Crippen molar-refractivity contribution in [1.82, 2.24) is 9.88 Å². The highest BCUT2D eigenvalue weighted by molar-refractivity contribution is 7.13. The summed E-state index contributed by atoms with van der Waals surface area (Å²) in [7, 11) is 0. The lowest BCUT2D eigenvalue weighted by Crippen LogP contribution is -2.48. The normalized spacial score (nSPS) is 16.8. The van der Waals surface area contributed by atoms with Crippen LogP contribution >= 0.6 is 11.3 Å². The number of anilines is 1. The predicted molar refractivity (Wildman–Crippen MR) is 92.5 cm³/mol. The number of rotatable bonds is 3. The molecule has 1 amide bonds. The van der Waals surface area contributed by atoms with Gasteiger partial charge >= 0.3 is 0 Å². The van der Waals surface area contributed by atoms with Crippen molar-refractivity contribution >= 4 is 28.5 Å². The first kappa shape index (κ1) is 15.0. The van der Waals surface area contributed by atoms with E-state index in [1.54, 1.807) is 17.4 Å². The summed E-state index contributed by atoms with van der Waals surface area (Å²) in [5.41, 5.74) is 0.925. The molecule has 6 nitrogen and oxygen atoms in total. The van der Waals surface area contributed by atoms with E-state index in [-0.39, 0.29) is 12.7 Å². The molecule has 2 aliphatic heterocycles. The van der Waals surface area contributed by atoms with Gasteiger partial charge in [0.25, 0.3) is 0 Å². The van der Waals surface area contributed by atoms with Crippen LogP contribution in [0.4, 0.5) is 5.13 Å². The average Bonchev–Trinajstić information content (AvgIpc) is 3.31. The fourth-order valence-electron chi connectivity index (χ4n) is 2.78. The number of nitrogens with zero attached hydrogens (tertiary/aromatic N) is 3. The summed E-state index contributed by atoms with van der Waals surface area (Å²) in [5.74, 6) is 1.50. The highest BCUT2D eigenvalue weighted by Crippen LogP contribution is 2.32. The second kappa shape index (κ2) is 6.52. The van der Waals surface area contributed by atoms with Crippen LogP contribution in [0, 0.1) is 0 Å². The molecule has 1 saturated heterocycles. The fraction of sp³-hybridized carbons (Fsp3) is 0.294. The smallest absolute Gasteiger partial charge is 0.246 e. The Morgan fingerprint density at radius 2 is 2.00 bits per heavy atom. The van der Waals surface area contributed by atoms with E-state index < -0.39 is 0 Å². The van der Waals surface area contributed by atoms with Crippen molar-refractivity contribution in [3.8, 4) is 11.5 Å². The van der Waals surface area contributed by atoms with Crippen LogP contribution < -0.4 is 14.4 Å². The molecule has 1 aromatic carbocycles. The van der Waals surface area contributed by atoms with Crippen molar-refractivity contribution in [3.05, 3.63) is 41.4 Å². The molecule has 2 aliphatic rings. The van der Waals surface area contributed by atoms with Crippen LogP contribution in [0.5, 0.6) is 11.5 Å². The molecule has 24 heavy (non-hydrogen) atoms. The van der Waals surface area contributed by atoms with Gasteiger partial charge < -0.3 is 19.3 Å². The SMILES string of the molecule is O=C(/C=C/c1ccc2c(c1)OCO2)N1CCN(c2nccs2)CC1. The number of aromatic nitrogens is 1. The van der Waals surface area contributed by atoms with Crippen molar-refractivity contribution < 1.29 is 14.3 Å². The van der Waals surface area contributed by atoms with Crippen molar-refractivity contribution in [3.63, 3.8) is 0 Å². The maximum Gasteiger partial charge on any atom is 0.246 e. The van der Waals surface area contributed by atoms with Gasteiger partial charge in [0, 0.05) is 43.8 Å². The fourth-order valence-corrected chi connectivity index (χ4v) is 3.48. The topological polar surface area (TPSA) is 54.9 Å². The first-order valence-electron chi connectivity index (χ1n) is 7.81. The van der Waals surface area contributed by atoms with Crippen molar-refractivity contribution in [2.45, 2.75) is 0 Å². The number of fused-ring (bicyclic) bond motifs is 1. The molecule has 0 N–H and O–H groups in total. The Morgan fingerprint density at radius 3 is 2.79 bits per heavy atom. The lowest BCUT2D eigenvalue weighted by atomic mass is 10.2. The third kappa shape index (κ3) is 3.07. The molecule has 2 aromatic rings. The second-order valence-corrected chi connectivity index (χ2v) is 6.45. The van der Waals surface area contributed by atoms with Gasteiger partial charge in [0.2, 0.25) is 12.7 Å². The number of benzene rings is 1. The largest absolute Gasteiger partial charge is 0.454 e. The molecule has 0 spiro atoms. The molecule has 0 unspecified atom stereocenters. The standard InChI is InChI=1S/C17H17N3O3S/c21-16(4-2-13-1-3-14-15(11-13)23-12-22-14)19-6-8-20(9-7-19)17-18-5-10-24-17/h1-5,10-11H,6-9,12H2/b4-2+. The number of piperazine rings is 1. The summed E-state index contributed by atoms with van der Waals surface area (Å²) in [5, 5.41) is 3.00. The summed E-state index contributed by atoms with van der Waals surface area (Å²) < 4.78 is 10.6. The molecule has 0 saturated carbocycles. The summed E-state index contributed by atoms with van der Waals surface area (Å²) >= 11 is 1.63. The third-order valence-electron chi connectivity index (χ3n) is 4.10. The van der Waals surface area contributed by atoms with Crippen LogP contribution in [0.1, 0.15) is 5.56 Å². The van der Waals surface area contributed by atoms with E-state index in [1.807, 2.05) is 40.8 Å². The molecule has 0 atom stereocenters. The molecule has 3 heterocycles. The molecular weight excluding hydrogens is 326 g/mol. The number of amides is 1. The Labute approximate surface area is 143 Å². The molecule has 124 valence electrons. The molecule has 7 heteroatoms. The van der Waals surface area contributed by atoms with E-state index in [2.05, 4.69) is 9.88 Å². The zero-order chi connectivity index (χ0) is 16.4. The number of hydrogen-bond acceptors (Lipinski definition) is 6. The van der Waals surface area contributed by atoms with Gasteiger partial charge in [0.15, 0.2) is 16.6 Å². The minimum absolute atomic E-state index is 0.0338. The van der Waals surface area contributed by atoms with Crippen molar-refractivity contribution in [2.75, 3.05) is 37.9 Å². The van der Waals surface area contributed by atoms with Gasteiger partial charge in [-0.3, -0.25) is 4.79 Å². The van der Waals surface area contributed by atoms with Crippen LogP contribution in [0.2, 0.25) is 0 Å². The summed E-state index contributed by atoms with van der Waals surface area (Å²) in [6.07, 6.45) is 5.25. The van der Waals surface area contributed by atoms with Gasteiger partial charge in [0.1, 0.15) is 0 Å². The van der Waals surface area contributed by atoms with Gasteiger partial charge in [-0.1, -0.05) is 6.07 Å². The third-order valence-corrected chi connectivity index (χ3v) is 4.93. The molecule has 1 aromatic heterocycles. The summed E-state index contributed by atoms with van der Waals surface area (Å²) in [6, 6.07) is 5.66. The Morgan fingerprint density at radius 1 is 1.17 bits per heavy atom. The van der Waals surface area contributed by atoms with E-state index in [0.717, 1.165) is 35.3 Å². The van der Waals surface area contributed by atoms with Crippen LogP contribution in [0.3, 0.4) is 0 Å². The number of thiazole rings is 1. The first-order chi connectivity index (χ1) is 11.8. The van der Waals surface area contributed by atoms with E-state index in [0.29, 0.717) is 13.1 Å². The first-order valence-corrected chi connectivity index (χ1v) is 8.69. The Kier molecular flexibility index (Phi) is 4.08. The summed E-state index contributed by atoms with van der Waals surface area (Å²) in [6.45, 7) is 3.31. The number of hydrogen-bond donors (Lipinski definition) is 0. The molecule has 0 bridgehead atoms. The monoisotopic (exact) mass is 343 g/mol. The Balaban J connectivity index is 1.35. The Hall–Kier alpha value is -2.54. The lowest BCUT2D eigenvalue weighted by Gasteiger charge is -2.34. The zero-order valence-corrected chi connectivity index (χ0v) is 13.9. The molecule has 4 rings (SSSR count). The maximum absolute atomic E-state index is 12.3. The number of ether oxygens (including phenoxy) is 2. The number of carbonyl (C=O) groups excluding carboxylic acids is 1. The molecule has 1 fully saturated rings. The molecular formula is C17H17N3O3S. The van der Waals surface area contributed by atoms with Crippen LogP contribution in [0.25, 0.3) is 6.08 Å². The van der Waals surface area contributed by atoms with Gasteiger partial charge in [0.05, 0.1) is 0 Å². The highest BCUT2D eigenvalue weighted by atomic mass is 32.1. The van der Waals surface area contributed by atoms with Crippen molar-refractivity contribution in [1.29, 1.82) is 0 Å². The van der Waals surface area contributed by atoms with Crippen LogP contribution in [0.15, 0.2) is 35.9 Å². The van der Waals surface area contributed by atoms with Gasteiger partial charge in [-0.2, -0.15) is 0 Å². The van der Waals surface area contributed by atoms with Gasteiger partial charge in [-0.15, -0.1) is 11.3 Å². The van der Waals surface area contributed by atoms with Crippen LogP contribution in [-0.4, -0.2) is 48.8 Å². The van der Waals surface area contributed by atoms with Crippen molar-refractivity contribution in [2.24, 2.45) is 0 Å². The zero-order valence-electron chi connectivity index (χ0n) is 13.1.